The first kappa shape index (κ1) is 18.1. The topological polar surface area (TPSA) is 51.5 Å². The van der Waals surface area contributed by atoms with Gasteiger partial charge in [0, 0.05) is 17.0 Å². The number of carbonyl (C=O) groups excluding carboxylic acids is 1. The lowest BCUT2D eigenvalue weighted by molar-refractivity contribution is -0.153. The summed E-state index contributed by atoms with van der Waals surface area (Å²) >= 11 is 5.89. The maximum absolute atomic E-state index is 12.2. The van der Waals surface area contributed by atoms with Crippen LogP contribution in [0, 0.1) is 0 Å². The van der Waals surface area contributed by atoms with Gasteiger partial charge in [0.15, 0.2) is 12.4 Å². The summed E-state index contributed by atoms with van der Waals surface area (Å²) in [4.78, 5) is 12.2. The molecule has 136 valence electrons. The van der Waals surface area contributed by atoms with Crippen molar-refractivity contribution < 1.29 is 27.1 Å². The molecule has 4 nitrogen and oxygen atoms in total. The van der Waals surface area contributed by atoms with Crippen LogP contribution in [0.3, 0.4) is 0 Å². The van der Waals surface area contributed by atoms with Crippen molar-refractivity contribution in [3.63, 3.8) is 0 Å². The number of furan rings is 1. The lowest BCUT2D eigenvalue weighted by Gasteiger charge is -2.09. The van der Waals surface area contributed by atoms with Crippen LogP contribution >= 0.6 is 11.6 Å². The number of halogens is 4. The van der Waals surface area contributed by atoms with Crippen LogP contribution in [-0.2, 0) is 6.54 Å². The predicted octanol–water partition coefficient (Wildman–Crippen LogP) is 4.96. The van der Waals surface area contributed by atoms with E-state index < -0.39 is 18.7 Å². The molecule has 1 amide bonds. The van der Waals surface area contributed by atoms with Gasteiger partial charge < -0.3 is 14.5 Å². The number of hydrogen-bond acceptors (Lipinski definition) is 3. The first-order chi connectivity index (χ1) is 12.3. The molecule has 0 fully saturated rings. The van der Waals surface area contributed by atoms with Crippen LogP contribution in [-0.4, -0.2) is 18.7 Å². The summed E-state index contributed by atoms with van der Waals surface area (Å²) in [5.74, 6) is -0.159. The zero-order valence-electron chi connectivity index (χ0n) is 13.3. The second-order valence-corrected chi connectivity index (χ2v) is 5.96. The summed E-state index contributed by atoms with van der Waals surface area (Å²) in [6, 6.07) is 12.6. The minimum atomic E-state index is -4.39. The highest BCUT2D eigenvalue weighted by Gasteiger charge is 2.28. The van der Waals surface area contributed by atoms with Crippen molar-refractivity contribution in [3.8, 4) is 5.75 Å². The summed E-state index contributed by atoms with van der Waals surface area (Å²) in [5.41, 5.74) is 1.25. The van der Waals surface area contributed by atoms with E-state index in [-0.39, 0.29) is 18.1 Å². The minimum absolute atomic E-state index is 0.103. The van der Waals surface area contributed by atoms with E-state index in [0.717, 1.165) is 0 Å². The molecule has 0 saturated heterocycles. The number of hydrogen-bond donors (Lipinski definition) is 1. The van der Waals surface area contributed by atoms with Gasteiger partial charge in [0.25, 0.3) is 5.91 Å². The van der Waals surface area contributed by atoms with Crippen LogP contribution in [0.4, 0.5) is 13.2 Å². The molecular formula is C18H13ClF3NO3. The Bertz CT molecular complexity index is 920. The molecule has 0 aliphatic heterocycles. The van der Waals surface area contributed by atoms with Crippen molar-refractivity contribution >= 4 is 28.5 Å². The molecule has 8 heteroatoms. The zero-order chi connectivity index (χ0) is 18.7. The lowest BCUT2D eigenvalue weighted by atomic mass is 10.2. The van der Waals surface area contributed by atoms with E-state index in [1.54, 1.807) is 36.4 Å². The Labute approximate surface area is 151 Å². The normalized spacial score (nSPS) is 11.5. The molecule has 1 aromatic heterocycles. The molecule has 0 saturated carbocycles. The van der Waals surface area contributed by atoms with Crippen LogP contribution in [0.1, 0.15) is 16.1 Å². The van der Waals surface area contributed by atoms with Crippen molar-refractivity contribution in [1.29, 1.82) is 0 Å². The molecule has 0 unspecified atom stereocenters. The Morgan fingerprint density at radius 3 is 2.54 bits per heavy atom. The van der Waals surface area contributed by atoms with Crippen LogP contribution in [0.5, 0.6) is 5.75 Å². The SMILES string of the molecule is O=C(NCc1ccc(OCC(F)(F)F)cc1)c1cc2cc(Cl)ccc2o1. The monoisotopic (exact) mass is 383 g/mol. The third kappa shape index (κ3) is 4.70. The van der Waals surface area contributed by atoms with Crippen molar-refractivity contribution in [2.75, 3.05) is 6.61 Å². The summed E-state index contributed by atoms with van der Waals surface area (Å²) in [5, 5.41) is 3.94. The van der Waals surface area contributed by atoms with Crippen LogP contribution < -0.4 is 10.1 Å². The highest BCUT2D eigenvalue weighted by Crippen LogP contribution is 2.23. The number of nitrogens with one attached hydrogen (secondary N) is 1. The van der Waals surface area contributed by atoms with E-state index >= 15 is 0 Å². The molecule has 3 aromatic rings. The molecule has 0 bridgehead atoms. The van der Waals surface area contributed by atoms with Crippen LogP contribution in [0.2, 0.25) is 5.02 Å². The van der Waals surface area contributed by atoms with Gasteiger partial charge in [-0.2, -0.15) is 13.2 Å². The Kier molecular flexibility index (Phi) is 5.08. The number of rotatable bonds is 5. The van der Waals surface area contributed by atoms with Gasteiger partial charge >= 0.3 is 6.18 Å². The molecule has 0 aliphatic carbocycles. The summed E-state index contributed by atoms with van der Waals surface area (Å²) in [6.45, 7) is -1.16. The fraction of sp³-hybridized carbons (Fsp3) is 0.167. The molecule has 0 spiro atoms. The number of fused-ring (bicyclic) bond motifs is 1. The second-order valence-electron chi connectivity index (χ2n) is 5.52. The molecule has 1 heterocycles. The number of benzene rings is 2. The minimum Gasteiger partial charge on any atom is -0.484 e. The van der Waals surface area contributed by atoms with Gasteiger partial charge in [-0.1, -0.05) is 23.7 Å². The van der Waals surface area contributed by atoms with Crippen molar-refractivity contribution in [2.45, 2.75) is 12.7 Å². The Morgan fingerprint density at radius 2 is 1.85 bits per heavy atom. The fourth-order valence-electron chi connectivity index (χ4n) is 2.26. The number of alkyl halides is 3. The van der Waals surface area contributed by atoms with E-state index in [9.17, 15) is 18.0 Å². The van der Waals surface area contributed by atoms with Gasteiger partial charge in [-0.15, -0.1) is 0 Å². The number of amides is 1. The van der Waals surface area contributed by atoms with E-state index in [4.69, 9.17) is 16.0 Å². The van der Waals surface area contributed by atoms with Gasteiger partial charge in [0.05, 0.1) is 0 Å². The van der Waals surface area contributed by atoms with E-state index in [1.807, 2.05) is 0 Å². The molecule has 2 aromatic carbocycles. The maximum atomic E-state index is 12.2. The Morgan fingerprint density at radius 1 is 1.12 bits per heavy atom. The largest absolute Gasteiger partial charge is 0.484 e. The Hall–Kier alpha value is -2.67. The smallest absolute Gasteiger partial charge is 0.422 e. The third-order valence-electron chi connectivity index (χ3n) is 3.48. The second kappa shape index (κ2) is 7.29. The van der Waals surface area contributed by atoms with Crippen molar-refractivity contribution in [1.82, 2.24) is 5.32 Å². The molecule has 0 radical (unpaired) electrons. The number of ether oxygens (including phenoxy) is 1. The standard InChI is InChI=1S/C18H13ClF3NO3/c19-13-3-6-15-12(7-13)8-16(26-15)17(24)23-9-11-1-4-14(5-2-11)25-10-18(20,21)22/h1-8H,9-10H2,(H,23,24). The van der Waals surface area contributed by atoms with Gasteiger partial charge in [0.1, 0.15) is 11.3 Å². The van der Waals surface area contributed by atoms with Gasteiger partial charge in [0.2, 0.25) is 0 Å². The van der Waals surface area contributed by atoms with E-state index in [0.29, 0.717) is 21.6 Å². The third-order valence-corrected chi connectivity index (χ3v) is 3.72. The maximum Gasteiger partial charge on any atom is 0.422 e. The first-order valence-electron chi connectivity index (χ1n) is 7.56. The van der Waals surface area contributed by atoms with Crippen molar-refractivity contribution in [3.05, 3.63) is 64.9 Å². The average molecular weight is 384 g/mol. The Balaban J connectivity index is 1.58. The van der Waals surface area contributed by atoms with Gasteiger partial charge in [-0.3, -0.25) is 4.79 Å². The molecule has 1 N–H and O–H groups in total. The van der Waals surface area contributed by atoms with E-state index in [1.165, 1.54) is 12.1 Å². The van der Waals surface area contributed by atoms with Gasteiger partial charge in [-0.25, -0.2) is 0 Å². The summed E-state index contributed by atoms with van der Waals surface area (Å²) < 4.78 is 46.4. The molecule has 3 rings (SSSR count). The summed E-state index contributed by atoms with van der Waals surface area (Å²) in [7, 11) is 0. The van der Waals surface area contributed by atoms with Crippen LogP contribution in [0.25, 0.3) is 11.0 Å². The average Bonchev–Trinajstić information content (AvgIpc) is 3.01. The predicted molar refractivity (Wildman–Crippen MR) is 90.4 cm³/mol. The molecule has 0 atom stereocenters. The molecule has 26 heavy (non-hydrogen) atoms. The summed E-state index contributed by atoms with van der Waals surface area (Å²) in [6.07, 6.45) is -4.39. The first-order valence-corrected chi connectivity index (χ1v) is 7.94. The highest BCUT2D eigenvalue weighted by atomic mass is 35.5. The fourth-order valence-corrected chi connectivity index (χ4v) is 2.44. The van der Waals surface area contributed by atoms with Crippen LogP contribution in [0.15, 0.2) is 52.9 Å². The lowest BCUT2D eigenvalue weighted by Crippen LogP contribution is -2.22. The van der Waals surface area contributed by atoms with E-state index in [2.05, 4.69) is 10.1 Å². The molecular weight excluding hydrogens is 371 g/mol. The quantitative estimate of drug-likeness (QED) is 0.677. The zero-order valence-corrected chi connectivity index (χ0v) is 14.0. The van der Waals surface area contributed by atoms with Gasteiger partial charge in [-0.05, 0) is 42.0 Å². The molecule has 0 aliphatic rings. The number of carbonyl (C=O) groups is 1. The highest BCUT2D eigenvalue weighted by molar-refractivity contribution is 6.31. The van der Waals surface area contributed by atoms with Crippen molar-refractivity contribution in [2.24, 2.45) is 0 Å².